The van der Waals surface area contributed by atoms with Crippen molar-refractivity contribution in [3.05, 3.63) is 192 Å². The maximum atomic E-state index is 13.1. The molecule has 2 aromatic heterocycles. The van der Waals surface area contributed by atoms with Crippen LogP contribution >= 0.6 is 0 Å². The Morgan fingerprint density at radius 2 is 1.21 bits per heavy atom. The molecule has 0 saturated heterocycles. The Morgan fingerprint density at radius 1 is 0.567 bits per heavy atom. The van der Waals surface area contributed by atoms with Gasteiger partial charge in [0.25, 0.3) is 0 Å². The predicted octanol–water partition coefficient (Wildman–Crippen LogP) is 16.8. The molecule has 67 heavy (non-hydrogen) atoms. The SMILES string of the molecule is [2H]C(C)(C)c1ccc(-c2ccnc(-c3[c-]c(-c4cccc5c4nc(-c4cc(C(C([2H])([2H])[2H])(C([2H])([2H])[2H])C([2H])([2H])[2H])cc(C(C([2H])([2H])[2H])(C([2H])([2H])[2H])C([2H])([2H])[2H])c4O)n5-c4ccc(C([2H])(C)C)cc4-c4ccccc4)cc(-c4ccccc4)c3)c2)cc1.[Pt]. The summed E-state index contributed by atoms with van der Waals surface area (Å²) < 4.78 is 177. The van der Waals surface area contributed by atoms with Crippen LogP contribution in [0.2, 0.25) is 0 Å². The molecule has 9 aromatic rings. The molecule has 0 radical (unpaired) electrons. The van der Waals surface area contributed by atoms with Gasteiger partial charge in [0.05, 0.1) is 22.3 Å². The van der Waals surface area contributed by atoms with Gasteiger partial charge in [0.1, 0.15) is 11.6 Å². The van der Waals surface area contributed by atoms with Crippen molar-refractivity contribution in [2.75, 3.05) is 0 Å². The summed E-state index contributed by atoms with van der Waals surface area (Å²) in [4.78, 5) is 9.97. The number of phenols is 1. The summed E-state index contributed by atoms with van der Waals surface area (Å²) in [5, 5.41) is 13.1. The van der Waals surface area contributed by atoms with Crippen LogP contribution in [0.1, 0.15) is 130 Å². The van der Waals surface area contributed by atoms with Crippen LogP contribution in [0.4, 0.5) is 0 Å². The fourth-order valence-corrected chi connectivity index (χ4v) is 8.34. The summed E-state index contributed by atoms with van der Waals surface area (Å²) >= 11 is 0. The van der Waals surface area contributed by atoms with Crippen molar-refractivity contribution in [2.45, 2.75) is 91.4 Å². The molecule has 0 fully saturated rings. The van der Waals surface area contributed by atoms with E-state index in [9.17, 15) is 5.11 Å². The number of imidazole rings is 1. The van der Waals surface area contributed by atoms with Gasteiger partial charge < -0.3 is 5.11 Å². The summed E-state index contributed by atoms with van der Waals surface area (Å²) in [6.07, 6.45) is 1.66. The van der Waals surface area contributed by atoms with Crippen LogP contribution < -0.4 is 0 Å². The van der Waals surface area contributed by atoms with Gasteiger partial charge in [-0.1, -0.05) is 201 Å². The molecule has 0 saturated carbocycles. The summed E-state index contributed by atoms with van der Waals surface area (Å²) in [7, 11) is 0. The Morgan fingerprint density at radius 3 is 1.88 bits per heavy atom. The maximum Gasteiger partial charge on any atom is 0.148 e. The Kier molecular flexibility index (Phi) is 7.85. The summed E-state index contributed by atoms with van der Waals surface area (Å²) in [5.41, 5.74) is -4.10. The van der Waals surface area contributed by atoms with E-state index < -0.39 is 92.0 Å². The van der Waals surface area contributed by atoms with Crippen LogP contribution in [0.15, 0.2) is 164 Å². The van der Waals surface area contributed by atoms with Crippen LogP contribution in [0, 0.1) is 6.07 Å². The number of phenolic OH excluding ortho intramolecular Hbond substituents is 1. The number of para-hydroxylation sites is 1. The molecule has 0 unspecified atom stereocenters. The Labute approximate surface area is 440 Å². The van der Waals surface area contributed by atoms with Crippen molar-refractivity contribution in [3.8, 4) is 78.6 Å². The molecule has 0 spiro atoms. The predicted molar refractivity (Wildman–Crippen MR) is 278 cm³/mol. The monoisotopic (exact) mass is 1080 g/mol. The van der Waals surface area contributed by atoms with Crippen molar-refractivity contribution >= 4 is 11.0 Å². The number of rotatable bonds is 9. The van der Waals surface area contributed by atoms with Crippen LogP contribution in [0.3, 0.4) is 0 Å². The fourth-order valence-electron chi connectivity index (χ4n) is 8.34. The van der Waals surface area contributed by atoms with Crippen molar-refractivity contribution in [2.24, 2.45) is 0 Å². The second-order valence-corrected chi connectivity index (χ2v) is 17.0. The number of hydrogen-bond acceptors (Lipinski definition) is 3. The molecule has 7 aromatic carbocycles. The van der Waals surface area contributed by atoms with Crippen molar-refractivity contribution in [1.82, 2.24) is 14.5 Å². The van der Waals surface area contributed by atoms with Crippen molar-refractivity contribution < 1.29 is 53.6 Å². The number of aromatic nitrogens is 3. The molecule has 0 aliphatic rings. The van der Waals surface area contributed by atoms with Gasteiger partial charge in [-0.15, -0.1) is 23.8 Å². The second kappa shape index (κ2) is 18.7. The molecule has 0 aliphatic carbocycles. The molecule has 9 rings (SSSR count). The number of pyridine rings is 1. The Bertz CT molecular complexity index is 3930. The molecule has 340 valence electrons. The van der Waals surface area contributed by atoms with E-state index in [1.54, 1.807) is 101 Å². The maximum absolute atomic E-state index is 13.1. The first-order valence-electron chi connectivity index (χ1n) is 31.5. The van der Waals surface area contributed by atoms with Crippen molar-refractivity contribution in [3.63, 3.8) is 0 Å². The third-order valence-electron chi connectivity index (χ3n) is 11.9. The first kappa shape index (κ1) is 28.1. The average molecular weight is 1080 g/mol. The molecule has 0 amide bonds. The first-order chi connectivity index (χ1) is 39.6. The number of aromatic hydroxyl groups is 1. The normalized spacial score (nSPS) is 17.8. The van der Waals surface area contributed by atoms with E-state index in [1.807, 2.05) is 78.9 Å². The number of benzene rings is 7. The average Bonchev–Trinajstić information content (AvgIpc) is 1.29. The van der Waals surface area contributed by atoms with Gasteiger partial charge in [-0.2, -0.15) is 0 Å². The summed E-state index contributed by atoms with van der Waals surface area (Å²) in [6.45, 7) is -17.8. The zero-order valence-electron chi connectivity index (χ0n) is 57.2. The van der Waals surface area contributed by atoms with Gasteiger partial charge in [0, 0.05) is 71.5 Å². The van der Waals surface area contributed by atoms with Crippen LogP contribution in [-0.4, -0.2) is 19.6 Å². The molecule has 2 heterocycles. The largest absolute Gasteiger partial charge is 0.507 e. The van der Waals surface area contributed by atoms with Gasteiger partial charge >= 0.3 is 0 Å². The van der Waals surface area contributed by atoms with Gasteiger partial charge in [-0.25, -0.2) is 4.98 Å². The third-order valence-corrected chi connectivity index (χ3v) is 11.9. The quantitative estimate of drug-likeness (QED) is 0.147. The molecule has 0 bridgehead atoms. The molecule has 0 atom stereocenters. The van der Waals surface area contributed by atoms with E-state index in [4.69, 9.17) is 37.4 Å². The molecule has 4 nitrogen and oxygen atoms in total. The van der Waals surface area contributed by atoms with Gasteiger partial charge in [-0.05, 0) is 91.9 Å². The van der Waals surface area contributed by atoms with E-state index in [1.165, 1.54) is 4.57 Å². The zero-order valence-corrected chi connectivity index (χ0v) is 39.5. The van der Waals surface area contributed by atoms with E-state index in [2.05, 4.69) is 6.07 Å². The first-order valence-corrected chi connectivity index (χ1v) is 21.5. The smallest absolute Gasteiger partial charge is 0.148 e. The van der Waals surface area contributed by atoms with Crippen LogP contribution in [0.5, 0.6) is 5.75 Å². The molecule has 5 heteroatoms. The van der Waals surface area contributed by atoms with E-state index in [0.29, 0.717) is 50.7 Å². The minimum atomic E-state index is -4.18. The standard InChI is InChI=1S/C62H60N3O.Pt/c1-39(2)41-24-26-43(27-25-41)46-30-31-63-55(36-46)49-33-47(42-18-13-11-14-19-42)32-48(34-49)51-22-17-23-57-58(51)64-60(53-37-50(61(5,6)7)38-54(59(53)66)62(8,9)10)65(57)56-29-28-45(40(3)4)35-52(56)44-20-15-12-16-21-44;/h11-33,35-40,66H,1-10H3;/q-1;/i5D3,6D3,7D3,8D3,9D3,10D3,39D,40D;. The molecule has 1 N–H and O–H groups in total. The van der Waals surface area contributed by atoms with Crippen molar-refractivity contribution in [1.29, 1.82) is 0 Å². The molecule has 0 aliphatic heterocycles. The minimum absolute atomic E-state index is 0. The van der Waals surface area contributed by atoms with Gasteiger partial charge in [0.15, 0.2) is 0 Å². The van der Waals surface area contributed by atoms with Crippen LogP contribution in [0.25, 0.3) is 83.9 Å². The topological polar surface area (TPSA) is 50.9 Å². The Hall–Kier alpha value is -6.35. The number of hydrogen-bond donors (Lipinski definition) is 1. The van der Waals surface area contributed by atoms with E-state index in [-0.39, 0.29) is 43.9 Å². The summed E-state index contributed by atoms with van der Waals surface area (Å²) in [6, 6.07) is 48.0. The zero-order chi connectivity index (χ0) is 63.3. The number of nitrogens with zero attached hydrogens (tertiary/aromatic N) is 3. The van der Waals surface area contributed by atoms with Gasteiger partial charge in [0.2, 0.25) is 0 Å². The fraction of sp³-hybridized carbons (Fsp3) is 0.226. The summed E-state index contributed by atoms with van der Waals surface area (Å²) in [5.74, 6) is -3.93. The van der Waals surface area contributed by atoms with E-state index in [0.717, 1.165) is 22.3 Å². The molecular formula is C62H60N3OPt-. The minimum Gasteiger partial charge on any atom is -0.507 e. The third kappa shape index (κ3) is 9.47. The van der Waals surface area contributed by atoms with E-state index >= 15 is 0 Å². The Balaban J connectivity index is 0.00000982. The second-order valence-electron chi connectivity index (χ2n) is 17.0. The number of fused-ring (bicyclic) bond motifs is 1. The van der Waals surface area contributed by atoms with Gasteiger partial charge in [-0.3, -0.25) is 9.55 Å². The molecular weight excluding hydrogens is 998 g/mol. The van der Waals surface area contributed by atoms with Crippen LogP contribution in [-0.2, 0) is 31.9 Å².